The fourth-order valence-corrected chi connectivity index (χ4v) is 1.67. The highest BCUT2D eigenvalue weighted by Gasteiger charge is 2.15. The van der Waals surface area contributed by atoms with Crippen molar-refractivity contribution >= 4 is 17.5 Å². The van der Waals surface area contributed by atoms with Crippen LogP contribution in [0.15, 0.2) is 24.4 Å². The van der Waals surface area contributed by atoms with E-state index in [9.17, 15) is 13.6 Å². The van der Waals surface area contributed by atoms with Gasteiger partial charge < -0.3 is 0 Å². The van der Waals surface area contributed by atoms with Crippen LogP contribution in [0.1, 0.15) is 16.1 Å². The Morgan fingerprint density at radius 1 is 1.31 bits per heavy atom. The Morgan fingerprint density at radius 2 is 2.00 bits per heavy atom. The van der Waals surface area contributed by atoms with E-state index in [0.717, 1.165) is 23.9 Å². The van der Waals surface area contributed by atoms with Crippen molar-refractivity contribution in [1.82, 2.24) is 8.75 Å². The van der Waals surface area contributed by atoms with Gasteiger partial charge in [0.25, 0.3) is 0 Å². The normalized spacial score (nSPS) is 10.4. The van der Waals surface area contributed by atoms with Crippen LogP contribution in [-0.2, 0) is 6.42 Å². The Bertz CT molecular complexity index is 493. The molecule has 0 saturated heterocycles. The van der Waals surface area contributed by atoms with Gasteiger partial charge in [-0.05, 0) is 12.1 Å². The largest absolute Gasteiger partial charge is 0.292 e. The molecule has 0 aliphatic heterocycles. The van der Waals surface area contributed by atoms with Gasteiger partial charge >= 0.3 is 0 Å². The standard InChI is InChI=1S/C10H6F2N2OS/c11-7-2-1-3-8(12)6(7)4-10(15)9-5-13-16-14-9/h1-3,5H,4H2. The molecule has 1 aromatic heterocycles. The molecule has 0 aliphatic rings. The number of carbonyl (C=O) groups excluding carboxylic acids is 1. The summed E-state index contributed by atoms with van der Waals surface area (Å²) in [7, 11) is 0. The Balaban J connectivity index is 2.25. The molecular weight excluding hydrogens is 234 g/mol. The van der Waals surface area contributed by atoms with Crippen LogP contribution in [0.4, 0.5) is 8.78 Å². The van der Waals surface area contributed by atoms with E-state index in [1.807, 2.05) is 0 Å². The molecule has 82 valence electrons. The second kappa shape index (κ2) is 4.44. The number of ketones is 1. The van der Waals surface area contributed by atoms with Gasteiger partial charge in [-0.1, -0.05) is 6.07 Å². The van der Waals surface area contributed by atoms with Gasteiger partial charge in [0.2, 0.25) is 0 Å². The van der Waals surface area contributed by atoms with Gasteiger partial charge in [-0.2, -0.15) is 8.75 Å². The first kappa shape index (κ1) is 10.8. The summed E-state index contributed by atoms with van der Waals surface area (Å²) in [6, 6.07) is 3.49. The molecule has 16 heavy (non-hydrogen) atoms. The first-order valence-electron chi connectivity index (χ1n) is 4.42. The fraction of sp³-hybridized carbons (Fsp3) is 0.100. The van der Waals surface area contributed by atoms with Gasteiger partial charge in [0, 0.05) is 12.0 Å². The number of aromatic nitrogens is 2. The van der Waals surface area contributed by atoms with Crippen LogP contribution in [0.5, 0.6) is 0 Å². The zero-order chi connectivity index (χ0) is 11.5. The zero-order valence-corrected chi connectivity index (χ0v) is 8.80. The van der Waals surface area contributed by atoms with Crippen LogP contribution in [0.2, 0.25) is 0 Å². The lowest BCUT2D eigenvalue weighted by molar-refractivity contribution is 0.0986. The van der Waals surface area contributed by atoms with Crippen LogP contribution in [-0.4, -0.2) is 14.5 Å². The van der Waals surface area contributed by atoms with Crippen LogP contribution < -0.4 is 0 Å². The molecule has 0 unspecified atom stereocenters. The SMILES string of the molecule is O=C(Cc1c(F)cccc1F)c1cnsn1. The summed E-state index contributed by atoms with van der Waals surface area (Å²) in [4.78, 5) is 11.6. The van der Waals surface area contributed by atoms with Crippen LogP contribution >= 0.6 is 11.7 Å². The molecule has 6 heteroatoms. The minimum absolute atomic E-state index is 0.132. The molecule has 0 bridgehead atoms. The van der Waals surface area contributed by atoms with E-state index in [2.05, 4.69) is 8.75 Å². The van der Waals surface area contributed by atoms with Gasteiger partial charge in [0.05, 0.1) is 17.9 Å². The van der Waals surface area contributed by atoms with Gasteiger partial charge in [-0.25, -0.2) is 8.78 Å². The Labute approximate surface area is 94.1 Å². The number of halogens is 2. The topological polar surface area (TPSA) is 42.9 Å². The molecule has 2 aromatic rings. The Morgan fingerprint density at radius 3 is 2.56 bits per heavy atom. The van der Waals surface area contributed by atoms with E-state index in [1.165, 1.54) is 12.3 Å². The van der Waals surface area contributed by atoms with Crippen molar-refractivity contribution in [2.75, 3.05) is 0 Å². The van der Waals surface area contributed by atoms with E-state index in [-0.39, 0.29) is 17.7 Å². The van der Waals surface area contributed by atoms with Crippen molar-refractivity contribution in [3.63, 3.8) is 0 Å². The van der Waals surface area contributed by atoms with Crippen LogP contribution in [0, 0.1) is 11.6 Å². The monoisotopic (exact) mass is 240 g/mol. The van der Waals surface area contributed by atoms with Crippen LogP contribution in [0.25, 0.3) is 0 Å². The van der Waals surface area contributed by atoms with Gasteiger partial charge in [-0.15, -0.1) is 0 Å². The van der Waals surface area contributed by atoms with Gasteiger partial charge in [-0.3, -0.25) is 4.79 Å². The fourth-order valence-electron chi connectivity index (χ4n) is 1.24. The zero-order valence-electron chi connectivity index (χ0n) is 7.98. The van der Waals surface area contributed by atoms with E-state index < -0.39 is 17.4 Å². The summed E-state index contributed by atoms with van der Waals surface area (Å²) in [6.45, 7) is 0. The molecule has 0 atom stereocenters. The number of nitrogens with zero attached hydrogens (tertiary/aromatic N) is 2. The molecule has 3 nitrogen and oxygen atoms in total. The van der Waals surface area contributed by atoms with Crippen molar-refractivity contribution in [3.8, 4) is 0 Å². The molecule has 1 heterocycles. The van der Waals surface area contributed by atoms with Gasteiger partial charge in [0.15, 0.2) is 5.78 Å². The molecule has 0 N–H and O–H groups in total. The van der Waals surface area contributed by atoms with Crippen molar-refractivity contribution in [1.29, 1.82) is 0 Å². The third-order valence-corrected chi connectivity index (χ3v) is 2.52. The smallest absolute Gasteiger partial charge is 0.188 e. The first-order valence-corrected chi connectivity index (χ1v) is 5.15. The van der Waals surface area contributed by atoms with Gasteiger partial charge in [0.1, 0.15) is 17.3 Å². The molecule has 0 saturated carbocycles. The molecular formula is C10H6F2N2OS. The molecule has 0 fully saturated rings. The number of Topliss-reactive ketones (excluding diaryl/α,β-unsaturated/α-hetero) is 1. The predicted octanol–water partition coefficient (Wildman–Crippen LogP) is 2.24. The quantitative estimate of drug-likeness (QED) is 0.773. The minimum atomic E-state index is -0.725. The summed E-state index contributed by atoms with van der Waals surface area (Å²) in [5.41, 5.74) is -0.104. The summed E-state index contributed by atoms with van der Waals surface area (Å²) < 4.78 is 33.8. The molecule has 0 spiro atoms. The molecule has 0 aliphatic carbocycles. The van der Waals surface area contributed by atoms with Crippen molar-refractivity contribution < 1.29 is 13.6 Å². The van der Waals surface area contributed by atoms with Crippen molar-refractivity contribution in [2.24, 2.45) is 0 Å². The molecule has 2 rings (SSSR count). The molecule has 0 amide bonds. The lowest BCUT2D eigenvalue weighted by atomic mass is 10.1. The van der Waals surface area contributed by atoms with E-state index in [4.69, 9.17) is 0 Å². The predicted molar refractivity (Wildman–Crippen MR) is 54.3 cm³/mol. The summed E-state index contributed by atoms with van der Waals surface area (Å²) in [6.07, 6.45) is 0.940. The number of hydrogen-bond donors (Lipinski definition) is 0. The Kier molecular flexibility index (Phi) is 3.00. The third kappa shape index (κ3) is 2.11. The third-order valence-electron chi connectivity index (χ3n) is 2.05. The van der Waals surface area contributed by atoms with Crippen molar-refractivity contribution in [2.45, 2.75) is 6.42 Å². The highest BCUT2D eigenvalue weighted by Crippen LogP contribution is 2.14. The van der Waals surface area contributed by atoms with E-state index in [1.54, 1.807) is 0 Å². The van der Waals surface area contributed by atoms with Crippen LogP contribution in [0.3, 0.4) is 0 Å². The Hall–Kier alpha value is -1.69. The van der Waals surface area contributed by atoms with E-state index in [0.29, 0.717) is 0 Å². The van der Waals surface area contributed by atoms with Crippen molar-refractivity contribution in [3.05, 3.63) is 47.3 Å². The molecule has 0 radical (unpaired) electrons. The second-order valence-corrected chi connectivity index (χ2v) is 3.65. The second-order valence-electron chi connectivity index (χ2n) is 3.09. The minimum Gasteiger partial charge on any atom is -0.292 e. The summed E-state index contributed by atoms with van der Waals surface area (Å²) in [5, 5.41) is 0. The number of carbonyl (C=O) groups is 1. The number of hydrogen-bond acceptors (Lipinski definition) is 4. The highest BCUT2D eigenvalue weighted by atomic mass is 32.1. The lowest BCUT2D eigenvalue weighted by Gasteiger charge is -2.02. The molecule has 1 aromatic carbocycles. The maximum Gasteiger partial charge on any atom is 0.188 e. The average Bonchev–Trinajstić information content (AvgIpc) is 2.76. The summed E-state index contributed by atoms with van der Waals surface area (Å²) >= 11 is 0.879. The van der Waals surface area contributed by atoms with E-state index >= 15 is 0 Å². The maximum atomic E-state index is 13.2. The number of benzene rings is 1. The maximum absolute atomic E-state index is 13.2. The summed E-state index contributed by atoms with van der Waals surface area (Å²) in [5.74, 6) is -1.90. The number of rotatable bonds is 3. The average molecular weight is 240 g/mol. The highest BCUT2D eigenvalue weighted by molar-refractivity contribution is 6.99. The lowest BCUT2D eigenvalue weighted by Crippen LogP contribution is -2.07. The first-order chi connectivity index (χ1) is 7.68.